The van der Waals surface area contributed by atoms with E-state index in [-0.39, 0.29) is 6.04 Å². The Hall–Kier alpha value is -0.430. The van der Waals surface area contributed by atoms with E-state index < -0.39 is 10.0 Å². The van der Waals surface area contributed by atoms with Crippen molar-refractivity contribution in [2.75, 3.05) is 0 Å². The fraction of sp³-hybridized carbons (Fsp3) is 0.600. The smallest absolute Gasteiger partial charge is 0.241 e. The second-order valence-electron chi connectivity index (χ2n) is 5.67. The second-order valence-corrected chi connectivity index (χ2v) is 8.20. The molecule has 0 bridgehead atoms. The van der Waals surface area contributed by atoms with Gasteiger partial charge >= 0.3 is 0 Å². The highest BCUT2D eigenvalue weighted by atomic mass is 79.9. The van der Waals surface area contributed by atoms with Gasteiger partial charge in [0.25, 0.3) is 0 Å². The van der Waals surface area contributed by atoms with Crippen LogP contribution < -0.4 is 10.0 Å². The fourth-order valence-corrected chi connectivity index (χ4v) is 4.10. The molecule has 0 radical (unpaired) electrons. The first-order valence-corrected chi connectivity index (χ1v) is 9.49. The van der Waals surface area contributed by atoms with Gasteiger partial charge in [-0.15, -0.1) is 0 Å². The maximum Gasteiger partial charge on any atom is 0.241 e. The van der Waals surface area contributed by atoms with Crippen molar-refractivity contribution >= 4 is 26.0 Å². The van der Waals surface area contributed by atoms with Gasteiger partial charge in [-0.1, -0.05) is 36.7 Å². The van der Waals surface area contributed by atoms with E-state index in [1.54, 1.807) is 6.07 Å². The summed E-state index contributed by atoms with van der Waals surface area (Å²) in [5.41, 5.74) is 1.69. The molecule has 1 aromatic carbocycles. The van der Waals surface area contributed by atoms with E-state index in [1.807, 2.05) is 26.8 Å². The molecule has 1 atom stereocenters. The predicted molar refractivity (Wildman–Crippen MR) is 90.9 cm³/mol. The summed E-state index contributed by atoms with van der Waals surface area (Å²) in [6.45, 7) is 10.4. The van der Waals surface area contributed by atoms with Crippen LogP contribution in [-0.4, -0.2) is 20.5 Å². The maximum atomic E-state index is 12.5. The van der Waals surface area contributed by atoms with Gasteiger partial charge in [-0.3, -0.25) is 0 Å². The average molecular weight is 377 g/mol. The highest BCUT2D eigenvalue weighted by molar-refractivity contribution is 9.10. The van der Waals surface area contributed by atoms with E-state index in [4.69, 9.17) is 0 Å². The molecule has 0 saturated heterocycles. The summed E-state index contributed by atoms with van der Waals surface area (Å²) in [7, 11) is -3.49. The van der Waals surface area contributed by atoms with Gasteiger partial charge in [0.05, 0.1) is 4.90 Å². The lowest BCUT2D eigenvalue weighted by Crippen LogP contribution is -2.32. The summed E-state index contributed by atoms with van der Waals surface area (Å²) in [5.74, 6) is 0. The van der Waals surface area contributed by atoms with Crippen LogP contribution in [0.2, 0.25) is 0 Å². The molecule has 0 heterocycles. The Morgan fingerprint density at radius 1 is 1.24 bits per heavy atom. The summed E-state index contributed by atoms with van der Waals surface area (Å²) in [6.07, 6.45) is 0.758. The summed E-state index contributed by atoms with van der Waals surface area (Å²) in [6, 6.07) is 3.99. The molecule has 21 heavy (non-hydrogen) atoms. The van der Waals surface area contributed by atoms with Crippen LogP contribution in [0.1, 0.15) is 45.2 Å². The van der Waals surface area contributed by atoms with E-state index in [9.17, 15) is 8.42 Å². The Labute approximate surface area is 136 Å². The average Bonchev–Trinajstić information content (AvgIpc) is 2.38. The molecule has 6 heteroatoms. The highest BCUT2D eigenvalue weighted by Crippen LogP contribution is 2.26. The van der Waals surface area contributed by atoms with E-state index in [2.05, 4.69) is 39.8 Å². The van der Waals surface area contributed by atoms with Crippen molar-refractivity contribution in [3.05, 3.63) is 27.7 Å². The number of sulfonamides is 1. The molecule has 0 saturated carbocycles. The van der Waals surface area contributed by atoms with Crippen LogP contribution in [0.25, 0.3) is 0 Å². The highest BCUT2D eigenvalue weighted by Gasteiger charge is 2.21. The third kappa shape index (κ3) is 5.36. The van der Waals surface area contributed by atoms with Gasteiger partial charge in [0.2, 0.25) is 10.0 Å². The third-order valence-corrected chi connectivity index (χ3v) is 5.87. The molecule has 1 aromatic rings. The quantitative estimate of drug-likeness (QED) is 0.766. The summed E-state index contributed by atoms with van der Waals surface area (Å²) in [4.78, 5) is 0.345. The van der Waals surface area contributed by atoms with E-state index in [1.165, 1.54) is 0 Å². The van der Waals surface area contributed by atoms with Crippen LogP contribution in [0.3, 0.4) is 0 Å². The molecule has 120 valence electrons. The van der Waals surface area contributed by atoms with Crippen LogP contribution >= 0.6 is 15.9 Å². The van der Waals surface area contributed by atoms with Gasteiger partial charge in [0, 0.05) is 23.1 Å². The van der Waals surface area contributed by atoms with Crippen molar-refractivity contribution in [3.8, 4) is 0 Å². The van der Waals surface area contributed by atoms with Gasteiger partial charge in [0.15, 0.2) is 0 Å². The van der Waals surface area contributed by atoms with Crippen LogP contribution in [0, 0.1) is 6.92 Å². The number of benzene rings is 1. The van der Waals surface area contributed by atoms with Crippen LogP contribution in [0.5, 0.6) is 0 Å². The molecule has 2 N–H and O–H groups in total. The van der Waals surface area contributed by atoms with Crippen molar-refractivity contribution < 1.29 is 8.42 Å². The standard InChI is InChI=1S/C15H25BrN2O2S/c1-6-11(4)18-21(19,20)15-8-13(9-17-10(2)3)7-14(16)12(15)5/h7-8,10-11,17-18H,6,9H2,1-5H3. The fourth-order valence-electron chi connectivity index (χ4n) is 1.82. The Kier molecular flexibility index (Phi) is 6.84. The molecule has 1 unspecified atom stereocenters. The zero-order valence-electron chi connectivity index (χ0n) is 13.3. The molecule has 1 rings (SSSR count). The van der Waals surface area contributed by atoms with E-state index >= 15 is 0 Å². The monoisotopic (exact) mass is 376 g/mol. The summed E-state index contributed by atoms with van der Waals surface area (Å²) >= 11 is 3.46. The maximum absolute atomic E-state index is 12.5. The minimum Gasteiger partial charge on any atom is -0.310 e. The van der Waals surface area contributed by atoms with Crippen molar-refractivity contribution in [1.29, 1.82) is 0 Å². The van der Waals surface area contributed by atoms with Crippen LogP contribution in [-0.2, 0) is 16.6 Å². The number of nitrogens with one attached hydrogen (secondary N) is 2. The molecule has 4 nitrogen and oxygen atoms in total. The first-order valence-electron chi connectivity index (χ1n) is 7.22. The van der Waals surface area contributed by atoms with Crippen LogP contribution in [0.4, 0.5) is 0 Å². The Morgan fingerprint density at radius 2 is 1.86 bits per heavy atom. The molecule has 0 aromatic heterocycles. The van der Waals surface area contributed by atoms with Gasteiger partial charge in [-0.2, -0.15) is 0 Å². The van der Waals surface area contributed by atoms with Crippen LogP contribution in [0.15, 0.2) is 21.5 Å². The molecule has 0 fully saturated rings. The van der Waals surface area contributed by atoms with Gasteiger partial charge in [-0.25, -0.2) is 13.1 Å². The normalized spacial score (nSPS) is 13.7. The Balaban J connectivity index is 3.16. The first-order chi connectivity index (χ1) is 9.67. The minimum atomic E-state index is -3.49. The topological polar surface area (TPSA) is 58.2 Å². The van der Waals surface area contributed by atoms with E-state index in [0.29, 0.717) is 17.5 Å². The number of hydrogen-bond acceptors (Lipinski definition) is 3. The van der Waals surface area contributed by atoms with Gasteiger partial charge in [-0.05, 0) is 43.5 Å². The lowest BCUT2D eigenvalue weighted by atomic mass is 10.1. The van der Waals surface area contributed by atoms with Crippen molar-refractivity contribution in [2.24, 2.45) is 0 Å². The first kappa shape index (κ1) is 18.6. The van der Waals surface area contributed by atoms with E-state index in [0.717, 1.165) is 22.0 Å². The third-order valence-electron chi connectivity index (χ3n) is 3.33. The molecular weight excluding hydrogens is 352 g/mol. The lowest BCUT2D eigenvalue weighted by Gasteiger charge is -2.16. The summed E-state index contributed by atoms with van der Waals surface area (Å²) in [5, 5.41) is 3.30. The molecule has 0 aliphatic heterocycles. The number of rotatable bonds is 7. The van der Waals surface area contributed by atoms with Gasteiger partial charge in [0.1, 0.15) is 0 Å². The summed E-state index contributed by atoms with van der Waals surface area (Å²) < 4.78 is 28.6. The zero-order valence-corrected chi connectivity index (χ0v) is 15.7. The number of halogens is 1. The Bertz CT molecular complexity index is 586. The zero-order chi connectivity index (χ0) is 16.2. The largest absolute Gasteiger partial charge is 0.310 e. The molecular formula is C15H25BrN2O2S. The Morgan fingerprint density at radius 3 is 2.38 bits per heavy atom. The molecule has 0 aliphatic rings. The van der Waals surface area contributed by atoms with Crippen molar-refractivity contribution in [1.82, 2.24) is 10.0 Å². The molecule has 0 spiro atoms. The minimum absolute atomic E-state index is 0.0781. The van der Waals surface area contributed by atoms with Gasteiger partial charge < -0.3 is 5.32 Å². The van der Waals surface area contributed by atoms with Crippen molar-refractivity contribution in [3.63, 3.8) is 0 Å². The number of hydrogen-bond donors (Lipinski definition) is 2. The second kappa shape index (κ2) is 7.72. The lowest BCUT2D eigenvalue weighted by molar-refractivity contribution is 0.554. The predicted octanol–water partition coefficient (Wildman–Crippen LogP) is 3.33. The molecule has 0 aliphatic carbocycles. The molecule has 0 amide bonds. The van der Waals surface area contributed by atoms with Crippen molar-refractivity contribution in [2.45, 2.75) is 64.6 Å². The SMILES string of the molecule is CCC(C)NS(=O)(=O)c1cc(CNC(C)C)cc(Br)c1C.